The van der Waals surface area contributed by atoms with Gasteiger partial charge in [-0.3, -0.25) is 0 Å². The van der Waals surface area contributed by atoms with Gasteiger partial charge in [-0.1, -0.05) is 56.3 Å². The van der Waals surface area contributed by atoms with Gasteiger partial charge in [0.2, 0.25) is 0 Å². The lowest BCUT2D eigenvalue weighted by Gasteiger charge is -2.39. The van der Waals surface area contributed by atoms with E-state index in [0.29, 0.717) is 6.42 Å². The summed E-state index contributed by atoms with van der Waals surface area (Å²) in [5.41, 5.74) is 0.615. The Morgan fingerprint density at radius 1 is 0.897 bits per heavy atom. The zero-order valence-corrected chi connectivity index (χ0v) is 17.2. The maximum absolute atomic E-state index is 12.8. The molecule has 1 N–H and O–H groups in total. The van der Waals surface area contributed by atoms with E-state index in [4.69, 9.17) is 0 Å². The number of rotatable bonds is 6. The maximum atomic E-state index is 12.8. The van der Waals surface area contributed by atoms with Gasteiger partial charge in [0.1, 0.15) is 0 Å². The second kappa shape index (κ2) is 8.49. The van der Waals surface area contributed by atoms with Gasteiger partial charge in [-0.15, -0.1) is 0 Å². The van der Waals surface area contributed by atoms with Crippen LogP contribution in [0.25, 0.3) is 0 Å². The van der Waals surface area contributed by atoms with E-state index in [0.717, 1.165) is 50.0 Å². The molecule has 1 heterocycles. The first-order chi connectivity index (χ1) is 13.6. The van der Waals surface area contributed by atoms with Gasteiger partial charge in [0.05, 0.1) is 11.2 Å². The van der Waals surface area contributed by atoms with E-state index >= 15 is 0 Å². The molecule has 2 aromatic rings. The van der Waals surface area contributed by atoms with Crippen molar-refractivity contribution in [1.82, 2.24) is 4.90 Å². The minimum Gasteiger partial charge on any atom is -0.389 e. The number of halogens is 3. The SMILES string of the molecule is CC(C)(CCN1CCC(O)(Cc2ccccc2)CC1)c1ccc(C(F)(F)F)cc1. The summed E-state index contributed by atoms with van der Waals surface area (Å²) in [7, 11) is 0. The highest BCUT2D eigenvalue weighted by Crippen LogP contribution is 2.33. The Hall–Kier alpha value is -1.85. The highest BCUT2D eigenvalue weighted by Gasteiger charge is 2.34. The van der Waals surface area contributed by atoms with Crippen molar-refractivity contribution in [3.63, 3.8) is 0 Å². The fourth-order valence-corrected chi connectivity index (χ4v) is 4.04. The molecule has 2 aromatic carbocycles. The van der Waals surface area contributed by atoms with Crippen LogP contribution in [0.5, 0.6) is 0 Å². The van der Waals surface area contributed by atoms with Gasteiger partial charge in [0.25, 0.3) is 0 Å². The van der Waals surface area contributed by atoms with Crippen LogP contribution in [-0.2, 0) is 18.0 Å². The molecular formula is C24H30F3NO. The topological polar surface area (TPSA) is 23.5 Å². The Kier molecular flexibility index (Phi) is 6.39. The summed E-state index contributed by atoms with van der Waals surface area (Å²) >= 11 is 0. The molecule has 0 aromatic heterocycles. The summed E-state index contributed by atoms with van der Waals surface area (Å²) in [6.07, 6.45) is -1.29. The van der Waals surface area contributed by atoms with E-state index in [2.05, 4.69) is 30.9 Å². The van der Waals surface area contributed by atoms with Gasteiger partial charge in [0, 0.05) is 19.5 Å². The quantitative estimate of drug-likeness (QED) is 0.692. The Morgan fingerprint density at radius 2 is 1.45 bits per heavy atom. The number of piperidine rings is 1. The average molecular weight is 406 g/mol. The molecule has 1 saturated heterocycles. The normalized spacial score (nSPS) is 18.0. The van der Waals surface area contributed by atoms with E-state index in [1.165, 1.54) is 12.1 Å². The number of benzene rings is 2. The molecule has 158 valence electrons. The molecule has 0 saturated carbocycles. The van der Waals surface area contributed by atoms with E-state index in [9.17, 15) is 18.3 Å². The minimum atomic E-state index is -4.30. The van der Waals surface area contributed by atoms with Crippen LogP contribution in [0.1, 0.15) is 49.8 Å². The Morgan fingerprint density at radius 3 is 2.00 bits per heavy atom. The molecule has 1 fully saturated rings. The highest BCUT2D eigenvalue weighted by molar-refractivity contribution is 5.29. The van der Waals surface area contributed by atoms with Crippen molar-refractivity contribution in [3.05, 3.63) is 71.3 Å². The van der Waals surface area contributed by atoms with Crippen molar-refractivity contribution < 1.29 is 18.3 Å². The largest absolute Gasteiger partial charge is 0.416 e. The number of hydrogen-bond donors (Lipinski definition) is 1. The molecule has 29 heavy (non-hydrogen) atoms. The van der Waals surface area contributed by atoms with Crippen LogP contribution in [0.3, 0.4) is 0 Å². The summed E-state index contributed by atoms with van der Waals surface area (Å²) in [6, 6.07) is 15.6. The molecule has 0 spiro atoms. The van der Waals surface area contributed by atoms with Crippen molar-refractivity contribution >= 4 is 0 Å². The van der Waals surface area contributed by atoms with E-state index in [1.54, 1.807) is 12.1 Å². The first-order valence-electron chi connectivity index (χ1n) is 10.2. The molecule has 0 aliphatic carbocycles. The van der Waals surface area contributed by atoms with E-state index < -0.39 is 17.3 Å². The monoisotopic (exact) mass is 405 g/mol. The molecule has 1 aliphatic heterocycles. The molecule has 1 aliphatic rings. The third-order valence-corrected chi connectivity index (χ3v) is 6.21. The van der Waals surface area contributed by atoms with Crippen LogP contribution in [0, 0.1) is 0 Å². The van der Waals surface area contributed by atoms with Crippen molar-refractivity contribution in [2.75, 3.05) is 19.6 Å². The van der Waals surface area contributed by atoms with Gasteiger partial charge in [0.15, 0.2) is 0 Å². The third-order valence-electron chi connectivity index (χ3n) is 6.21. The summed E-state index contributed by atoms with van der Waals surface area (Å²) in [5, 5.41) is 10.9. The van der Waals surface area contributed by atoms with Crippen molar-refractivity contribution in [3.8, 4) is 0 Å². The van der Waals surface area contributed by atoms with Crippen LogP contribution in [0.15, 0.2) is 54.6 Å². The van der Waals surface area contributed by atoms with Crippen LogP contribution in [-0.4, -0.2) is 35.2 Å². The van der Waals surface area contributed by atoms with Crippen LogP contribution >= 0.6 is 0 Å². The smallest absolute Gasteiger partial charge is 0.389 e. The number of aliphatic hydroxyl groups is 1. The predicted molar refractivity (Wildman–Crippen MR) is 110 cm³/mol. The van der Waals surface area contributed by atoms with E-state index in [-0.39, 0.29) is 5.41 Å². The highest BCUT2D eigenvalue weighted by atomic mass is 19.4. The van der Waals surface area contributed by atoms with Crippen molar-refractivity contribution in [2.45, 2.75) is 56.7 Å². The van der Waals surface area contributed by atoms with Crippen LogP contribution in [0.4, 0.5) is 13.2 Å². The van der Waals surface area contributed by atoms with Crippen molar-refractivity contribution in [2.24, 2.45) is 0 Å². The minimum absolute atomic E-state index is 0.206. The molecule has 5 heteroatoms. The molecular weight excluding hydrogens is 375 g/mol. The fraction of sp³-hybridized carbons (Fsp3) is 0.500. The lowest BCUT2D eigenvalue weighted by atomic mass is 9.80. The van der Waals surface area contributed by atoms with Gasteiger partial charge >= 0.3 is 6.18 Å². The molecule has 0 unspecified atom stereocenters. The maximum Gasteiger partial charge on any atom is 0.416 e. The summed E-state index contributed by atoms with van der Waals surface area (Å²) in [6.45, 7) is 6.70. The number of alkyl halides is 3. The molecule has 0 atom stereocenters. The van der Waals surface area contributed by atoms with Gasteiger partial charge in [-0.05, 0) is 54.5 Å². The standard InChI is InChI=1S/C24H30F3NO/c1-22(2,20-8-10-21(11-9-20)24(25,26)27)12-15-28-16-13-23(29,14-17-28)18-19-6-4-3-5-7-19/h3-11,29H,12-18H2,1-2H3. The Bertz CT molecular complexity index is 776. The second-order valence-electron chi connectivity index (χ2n) is 8.94. The predicted octanol–water partition coefficient (Wildman–Crippen LogP) is 5.44. The molecule has 0 radical (unpaired) electrons. The lowest BCUT2D eigenvalue weighted by molar-refractivity contribution is -0.137. The number of likely N-dealkylation sites (tertiary alicyclic amines) is 1. The summed E-state index contributed by atoms with van der Waals surface area (Å²) < 4.78 is 38.3. The van der Waals surface area contributed by atoms with Crippen molar-refractivity contribution in [1.29, 1.82) is 0 Å². The molecule has 2 nitrogen and oxygen atoms in total. The summed E-state index contributed by atoms with van der Waals surface area (Å²) in [4.78, 5) is 2.35. The van der Waals surface area contributed by atoms with Crippen LogP contribution < -0.4 is 0 Å². The van der Waals surface area contributed by atoms with Gasteiger partial charge < -0.3 is 10.0 Å². The third kappa shape index (κ3) is 5.83. The summed E-state index contributed by atoms with van der Waals surface area (Å²) in [5.74, 6) is 0. The van der Waals surface area contributed by atoms with Crippen LogP contribution in [0.2, 0.25) is 0 Å². The van der Waals surface area contributed by atoms with Gasteiger partial charge in [-0.25, -0.2) is 0 Å². The molecule has 3 rings (SSSR count). The Labute approximate surface area is 171 Å². The number of hydrogen-bond acceptors (Lipinski definition) is 2. The zero-order chi connectivity index (χ0) is 21.1. The van der Waals surface area contributed by atoms with Gasteiger partial charge in [-0.2, -0.15) is 13.2 Å². The fourth-order valence-electron chi connectivity index (χ4n) is 4.04. The first-order valence-corrected chi connectivity index (χ1v) is 10.2. The zero-order valence-electron chi connectivity index (χ0n) is 17.2. The number of nitrogens with zero attached hydrogens (tertiary/aromatic N) is 1. The Balaban J connectivity index is 1.51. The average Bonchev–Trinajstić information content (AvgIpc) is 2.68. The molecule has 0 bridgehead atoms. The first kappa shape index (κ1) is 21.8. The van der Waals surface area contributed by atoms with E-state index in [1.807, 2.05) is 18.2 Å². The molecule has 0 amide bonds. The lowest BCUT2D eigenvalue weighted by Crippen LogP contribution is -2.46. The second-order valence-corrected chi connectivity index (χ2v) is 8.94.